The van der Waals surface area contributed by atoms with Crippen LogP contribution in [0.3, 0.4) is 0 Å². The van der Waals surface area contributed by atoms with Crippen LogP contribution in [0.5, 0.6) is 0 Å². The number of hydrogen-bond donors (Lipinski definition) is 2. The fraction of sp³-hybridized carbons (Fsp3) is 1.00. The molecule has 0 saturated carbocycles. The smallest absolute Gasteiger partial charge is 0.0611 e. The van der Waals surface area contributed by atoms with Crippen LogP contribution in [0.1, 0.15) is 33.1 Å². The summed E-state index contributed by atoms with van der Waals surface area (Å²) in [7, 11) is 4.42. The standard InChI is InChI=1S/C14H31N3O/c1-5-15-14(2,12-18)8-11-17(4)13-6-9-16(3)10-7-13/h13,15,18H,5-12H2,1-4H3. The minimum atomic E-state index is -0.130. The summed E-state index contributed by atoms with van der Waals surface area (Å²) >= 11 is 0. The van der Waals surface area contributed by atoms with Crippen LogP contribution in [0.15, 0.2) is 0 Å². The van der Waals surface area contributed by atoms with Gasteiger partial charge in [0.2, 0.25) is 0 Å². The molecule has 1 unspecified atom stereocenters. The number of hydrogen-bond acceptors (Lipinski definition) is 4. The van der Waals surface area contributed by atoms with E-state index >= 15 is 0 Å². The van der Waals surface area contributed by atoms with Gasteiger partial charge >= 0.3 is 0 Å². The van der Waals surface area contributed by atoms with E-state index < -0.39 is 0 Å². The van der Waals surface area contributed by atoms with Gasteiger partial charge in [-0.2, -0.15) is 0 Å². The first kappa shape index (κ1) is 15.9. The first-order chi connectivity index (χ1) is 8.50. The summed E-state index contributed by atoms with van der Waals surface area (Å²) in [5.41, 5.74) is -0.130. The van der Waals surface area contributed by atoms with Crippen molar-refractivity contribution in [2.24, 2.45) is 0 Å². The van der Waals surface area contributed by atoms with E-state index in [-0.39, 0.29) is 12.1 Å². The molecule has 1 rings (SSSR count). The molecule has 1 aliphatic heterocycles. The second kappa shape index (κ2) is 7.43. The van der Waals surface area contributed by atoms with Gasteiger partial charge in [0.1, 0.15) is 0 Å². The molecule has 1 saturated heterocycles. The van der Waals surface area contributed by atoms with Gasteiger partial charge in [-0.25, -0.2) is 0 Å². The van der Waals surface area contributed by atoms with E-state index in [1.807, 2.05) is 0 Å². The SMILES string of the molecule is CCNC(C)(CO)CCN(C)C1CCN(C)CC1. The minimum Gasteiger partial charge on any atom is -0.394 e. The van der Waals surface area contributed by atoms with Gasteiger partial charge in [0.05, 0.1) is 6.61 Å². The maximum absolute atomic E-state index is 9.49. The van der Waals surface area contributed by atoms with Gasteiger partial charge in [0.25, 0.3) is 0 Å². The van der Waals surface area contributed by atoms with Crippen LogP contribution in [0.25, 0.3) is 0 Å². The van der Waals surface area contributed by atoms with Crippen molar-refractivity contribution in [3.05, 3.63) is 0 Å². The summed E-state index contributed by atoms with van der Waals surface area (Å²) in [6.45, 7) is 8.79. The van der Waals surface area contributed by atoms with Crippen LogP contribution in [-0.2, 0) is 0 Å². The van der Waals surface area contributed by atoms with E-state index in [1.165, 1.54) is 25.9 Å². The Bertz CT molecular complexity index is 229. The number of nitrogens with one attached hydrogen (secondary N) is 1. The molecule has 0 amide bonds. The molecule has 0 radical (unpaired) electrons. The van der Waals surface area contributed by atoms with Gasteiger partial charge < -0.3 is 20.2 Å². The van der Waals surface area contributed by atoms with Crippen LogP contribution < -0.4 is 5.32 Å². The Labute approximate surface area is 112 Å². The van der Waals surface area contributed by atoms with Gasteiger partial charge in [0.15, 0.2) is 0 Å². The third-order valence-corrected chi connectivity index (χ3v) is 4.28. The van der Waals surface area contributed by atoms with Crippen LogP contribution >= 0.6 is 0 Å². The lowest BCUT2D eigenvalue weighted by molar-refractivity contribution is 0.114. The molecular weight excluding hydrogens is 226 g/mol. The Morgan fingerprint density at radius 2 is 2.00 bits per heavy atom. The van der Waals surface area contributed by atoms with Crippen LogP contribution in [-0.4, -0.2) is 73.4 Å². The van der Waals surface area contributed by atoms with Crippen molar-refractivity contribution in [2.75, 3.05) is 46.9 Å². The maximum atomic E-state index is 9.49. The van der Waals surface area contributed by atoms with Gasteiger partial charge in [-0.15, -0.1) is 0 Å². The van der Waals surface area contributed by atoms with E-state index in [0.29, 0.717) is 6.04 Å². The topological polar surface area (TPSA) is 38.7 Å². The summed E-state index contributed by atoms with van der Waals surface area (Å²) in [4.78, 5) is 4.87. The number of piperidine rings is 1. The lowest BCUT2D eigenvalue weighted by atomic mass is 9.97. The Hall–Kier alpha value is -0.160. The molecule has 2 N–H and O–H groups in total. The van der Waals surface area contributed by atoms with Crippen LogP contribution in [0.4, 0.5) is 0 Å². The molecule has 0 bridgehead atoms. The number of rotatable bonds is 7. The minimum absolute atomic E-state index is 0.130. The molecule has 1 fully saturated rings. The molecular formula is C14H31N3O. The quantitative estimate of drug-likeness (QED) is 0.706. The normalized spacial score (nSPS) is 22.3. The molecule has 0 aromatic carbocycles. The monoisotopic (exact) mass is 257 g/mol. The first-order valence-electron chi connectivity index (χ1n) is 7.25. The van der Waals surface area contributed by atoms with E-state index in [9.17, 15) is 5.11 Å². The highest BCUT2D eigenvalue weighted by molar-refractivity contribution is 4.84. The molecule has 0 aromatic heterocycles. The summed E-state index contributed by atoms with van der Waals surface area (Å²) in [5, 5.41) is 12.9. The highest BCUT2D eigenvalue weighted by Gasteiger charge is 2.25. The van der Waals surface area contributed by atoms with Crippen LogP contribution in [0.2, 0.25) is 0 Å². The zero-order chi connectivity index (χ0) is 13.6. The third kappa shape index (κ3) is 4.84. The van der Waals surface area contributed by atoms with Gasteiger partial charge in [-0.3, -0.25) is 0 Å². The summed E-state index contributed by atoms with van der Waals surface area (Å²) < 4.78 is 0. The number of aliphatic hydroxyl groups excluding tert-OH is 1. The van der Waals surface area contributed by atoms with Crippen LogP contribution in [0, 0.1) is 0 Å². The molecule has 1 atom stereocenters. The third-order valence-electron chi connectivity index (χ3n) is 4.28. The van der Waals surface area contributed by atoms with E-state index in [4.69, 9.17) is 0 Å². The van der Waals surface area contributed by atoms with Crippen molar-refractivity contribution in [3.63, 3.8) is 0 Å². The molecule has 0 aromatic rings. The first-order valence-corrected chi connectivity index (χ1v) is 7.25. The lowest BCUT2D eigenvalue weighted by Gasteiger charge is -2.37. The van der Waals surface area contributed by atoms with Crippen molar-refractivity contribution in [3.8, 4) is 0 Å². The molecule has 4 nitrogen and oxygen atoms in total. The summed E-state index contributed by atoms with van der Waals surface area (Å²) in [6, 6.07) is 0.714. The van der Waals surface area contributed by atoms with Crippen molar-refractivity contribution in [1.82, 2.24) is 15.1 Å². The largest absolute Gasteiger partial charge is 0.394 e. The van der Waals surface area contributed by atoms with E-state index in [1.54, 1.807) is 0 Å². The Morgan fingerprint density at radius 1 is 1.39 bits per heavy atom. The Kier molecular flexibility index (Phi) is 6.57. The van der Waals surface area contributed by atoms with E-state index in [0.717, 1.165) is 19.5 Å². The average Bonchev–Trinajstić information content (AvgIpc) is 2.37. The van der Waals surface area contributed by atoms with Gasteiger partial charge in [-0.05, 0) is 66.5 Å². The van der Waals surface area contributed by atoms with E-state index in [2.05, 4.69) is 43.1 Å². The molecule has 18 heavy (non-hydrogen) atoms. The fourth-order valence-corrected chi connectivity index (χ4v) is 2.69. The molecule has 108 valence electrons. The highest BCUT2D eigenvalue weighted by Crippen LogP contribution is 2.16. The van der Waals surface area contributed by atoms with Gasteiger partial charge in [-0.1, -0.05) is 6.92 Å². The molecule has 4 heteroatoms. The Morgan fingerprint density at radius 3 is 2.50 bits per heavy atom. The van der Waals surface area contributed by atoms with Crippen molar-refractivity contribution in [2.45, 2.75) is 44.7 Å². The number of nitrogens with zero attached hydrogens (tertiary/aromatic N) is 2. The zero-order valence-corrected chi connectivity index (χ0v) is 12.6. The van der Waals surface area contributed by atoms with Crippen molar-refractivity contribution >= 4 is 0 Å². The Balaban J connectivity index is 2.33. The van der Waals surface area contributed by atoms with Gasteiger partial charge in [0, 0.05) is 11.6 Å². The fourth-order valence-electron chi connectivity index (χ4n) is 2.69. The second-order valence-corrected chi connectivity index (χ2v) is 6.01. The lowest BCUT2D eigenvalue weighted by Crippen LogP contribution is -2.49. The maximum Gasteiger partial charge on any atom is 0.0611 e. The molecule has 1 heterocycles. The summed E-state index contributed by atoms with van der Waals surface area (Å²) in [5.74, 6) is 0. The molecule has 0 spiro atoms. The highest BCUT2D eigenvalue weighted by atomic mass is 16.3. The predicted octanol–water partition coefficient (Wildman–Crippen LogP) is 0.763. The van der Waals surface area contributed by atoms with Crippen molar-refractivity contribution in [1.29, 1.82) is 0 Å². The molecule has 0 aliphatic carbocycles. The molecule has 1 aliphatic rings. The second-order valence-electron chi connectivity index (χ2n) is 6.01. The number of likely N-dealkylation sites (tertiary alicyclic amines) is 1. The zero-order valence-electron chi connectivity index (χ0n) is 12.6. The summed E-state index contributed by atoms with van der Waals surface area (Å²) in [6.07, 6.45) is 3.54. The predicted molar refractivity (Wildman–Crippen MR) is 76.9 cm³/mol. The van der Waals surface area contributed by atoms with Crippen molar-refractivity contribution < 1.29 is 5.11 Å². The number of aliphatic hydroxyl groups is 1. The average molecular weight is 257 g/mol. The number of likely N-dealkylation sites (N-methyl/N-ethyl adjacent to an activating group) is 1.